The maximum Gasteiger partial charge on any atom is 0.418 e. The zero-order valence-corrected chi connectivity index (χ0v) is 12.7. The molecule has 1 aliphatic rings. The van der Waals surface area contributed by atoms with Crippen LogP contribution in [0.5, 0.6) is 0 Å². The minimum atomic E-state index is -4.78. The van der Waals surface area contributed by atoms with Gasteiger partial charge in [-0.15, -0.1) is 5.10 Å². The Morgan fingerprint density at radius 2 is 2.09 bits per heavy atom. The van der Waals surface area contributed by atoms with E-state index in [-0.39, 0.29) is 16.1 Å². The van der Waals surface area contributed by atoms with Crippen LogP contribution in [0.3, 0.4) is 0 Å². The maximum atomic E-state index is 12.8. The van der Waals surface area contributed by atoms with E-state index < -0.39 is 27.4 Å². The molecule has 0 bridgehead atoms. The van der Waals surface area contributed by atoms with Crippen LogP contribution in [0.15, 0.2) is 22.2 Å². The third-order valence-electron chi connectivity index (χ3n) is 3.11. The smallest absolute Gasteiger partial charge is 0.258 e. The fourth-order valence-electron chi connectivity index (χ4n) is 1.88. The SMILES string of the molecule is O=[N+]([O-])c1cc(C(F)(F)F)c(Cl)cc1Sc1nnnn1C1CC1. The van der Waals surface area contributed by atoms with E-state index in [2.05, 4.69) is 15.5 Å². The molecule has 0 amide bonds. The van der Waals surface area contributed by atoms with Gasteiger partial charge in [-0.25, -0.2) is 4.68 Å². The van der Waals surface area contributed by atoms with E-state index in [1.807, 2.05) is 0 Å². The van der Waals surface area contributed by atoms with Crippen LogP contribution in [0, 0.1) is 10.1 Å². The van der Waals surface area contributed by atoms with Crippen LogP contribution in [0.1, 0.15) is 24.4 Å². The first-order valence-electron chi connectivity index (χ1n) is 6.28. The van der Waals surface area contributed by atoms with Crippen LogP contribution in [0.4, 0.5) is 18.9 Å². The summed E-state index contributed by atoms with van der Waals surface area (Å²) in [5.41, 5.74) is -1.95. The first-order valence-corrected chi connectivity index (χ1v) is 7.47. The molecule has 2 aromatic rings. The summed E-state index contributed by atoms with van der Waals surface area (Å²) in [5.74, 6) is 0. The van der Waals surface area contributed by atoms with E-state index in [0.29, 0.717) is 6.07 Å². The standard InChI is InChI=1S/C11H7ClF3N5O2S/c12-7-4-9(8(20(21)22)3-6(7)11(13,14)15)23-10-16-17-18-19(10)5-1-2-5/h3-5H,1-2H2. The van der Waals surface area contributed by atoms with Crippen molar-refractivity contribution in [2.75, 3.05) is 0 Å². The molecule has 12 heteroatoms. The van der Waals surface area contributed by atoms with Gasteiger partial charge in [-0.05, 0) is 41.1 Å². The highest BCUT2D eigenvalue weighted by Gasteiger charge is 2.37. The predicted molar refractivity (Wildman–Crippen MR) is 73.3 cm³/mol. The summed E-state index contributed by atoms with van der Waals surface area (Å²) in [6.07, 6.45) is -3.01. The lowest BCUT2D eigenvalue weighted by Crippen LogP contribution is -2.07. The highest BCUT2D eigenvalue weighted by molar-refractivity contribution is 7.99. The number of benzene rings is 1. The van der Waals surface area contributed by atoms with Gasteiger partial charge in [-0.3, -0.25) is 10.1 Å². The number of nitro groups is 1. The Morgan fingerprint density at radius 1 is 1.39 bits per heavy atom. The van der Waals surface area contributed by atoms with Gasteiger partial charge >= 0.3 is 6.18 Å². The lowest BCUT2D eigenvalue weighted by molar-refractivity contribution is -0.388. The van der Waals surface area contributed by atoms with Crippen molar-refractivity contribution in [3.05, 3.63) is 32.8 Å². The minimum Gasteiger partial charge on any atom is -0.258 e. The number of halogens is 4. The van der Waals surface area contributed by atoms with Crippen molar-refractivity contribution in [2.45, 2.75) is 35.1 Å². The predicted octanol–water partition coefficient (Wildman–Crippen LogP) is 3.74. The zero-order chi connectivity index (χ0) is 16.8. The van der Waals surface area contributed by atoms with E-state index in [0.717, 1.165) is 30.7 Å². The summed E-state index contributed by atoms with van der Waals surface area (Å²) in [6, 6.07) is 1.46. The van der Waals surface area contributed by atoms with Crippen molar-refractivity contribution in [3.63, 3.8) is 0 Å². The molecule has 1 saturated carbocycles. The molecule has 0 radical (unpaired) electrons. The molecule has 0 aliphatic heterocycles. The van der Waals surface area contributed by atoms with Gasteiger partial charge in [0.05, 0.1) is 26.4 Å². The highest BCUT2D eigenvalue weighted by Crippen LogP contribution is 2.44. The van der Waals surface area contributed by atoms with Crippen LogP contribution in [-0.2, 0) is 6.18 Å². The number of alkyl halides is 3. The van der Waals surface area contributed by atoms with Crippen LogP contribution in [0.2, 0.25) is 5.02 Å². The fourth-order valence-corrected chi connectivity index (χ4v) is 3.19. The minimum absolute atomic E-state index is 0.0512. The van der Waals surface area contributed by atoms with E-state index in [4.69, 9.17) is 11.6 Å². The van der Waals surface area contributed by atoms with Crippen molar-refractivity contribution in [1.82, 2.24) is 20.2 Å². The van der Waals surface area contributed by atoms with E-state index >= 15 is 0 Å². The quantitative estimate of drug-likeness (QED) is 0.606. The molecule has 0 N–H and O–H groups in total. The number of aromatic nitrogens is 4. The van der Waals surface area contributed by atoms with Gasteiger partial charge in [-0.1, -0.05) is 11.6 Å². The van der Waals surface area contributed by atoms with Crippen LogP contribution < -0.4 is 0 Å². The Morgan fingerprint density at radius 3 is 2.65 bits per heavy atom. The Hall–Kier alpha value is -1.88. The summed E-state index contributed by atoms with van der Waals surface area (Å²) < 4.78 is 40.0. The van der Waals surface area contributed by atoms with Gasteiger partial charge < -0.3 is 0 Å². The van der Waals surface area contributed by atoms with Gasteiger partial charge in [0.15, 0.2) is 0 Å². The van der Waals surface area contributed by atoms with Crippen LogP contribution in [-0.4, -0.2) is 25.1 Å². The number of nitro benzene ring substituents is 1. The lowest BCUT2D eigenvalue weighted by atomic mass is 10.2. The molecule has 0 spiro atoms. The van der Waals surface area contributed by atoms with Crippen molar-refractivity contribution in [2.24, 2.45) is 0 Å². The molecule has 0 atom stereocenters. The number of tetrazole rings is 1. The van der Waals surface area contributed by atoms with Gasteiger partial charge in [0.25, 0.3) is 5.69 Å². The van der Waals surface area contributed by atoms with E-state index in [1.165, 1.54) is 4.68 Å². The van der Waals surface area contributed by atoms with Crippen LogP contribution >= 0.6 is 23.4 Å². The van der Waals surface area contributed by atoms with Crippen molar-refractivity contribution >= 4 is 29.1 Å². The first kappa shape index (κ1) is 16.0. The Bertz CT molecular complexity index is 778. The van der Waals surface area contributed by atoms with Gasteiger partial charge in [-0.2, -0.15) is 13.2 Å². The van der Waals surface area contributed by atoms with Gasteiger partial charge in [0.2, 0.25) is 5.16 Å². The molecule has 1 fully saturated rings. The second-order valence-corrected chi connectivity index (χ2v) is 6.21. The molecule has 23 heavy (non-hydrogen) atoms. The molecular formula is C11H7ClF3N5O2S. The average molecular weight is 366 g/mol. The molecule has 1 aromatic heterocycles. The Kier molecular flexibility index (Phi) is 3.92. The topological polar surface area (TPSA) is 86.7 Å². The molecule has 0 unspecified atom stereocenters. The number of hydrogen-bond donors (Lipinski definition) is 0. The molecule has 3 rings (SSSR count). The van der Waals surface area contributed by atoms with E-state index in [9.17, 15) is 23.3 Å². The molecular weight excluding hydrogens is 359 g/mol. The van der Waals surface area contributed by atoms with Gasteiger partial charge in [0.1, 0.15) is 0 Å². The Labute approximate surface area is 136 Å². The number of rotatable bonds is 4. The number of nitrogens with zero attached hydrogens (tertiary/aromatic N) is 5. The largest absolute Gasteiger partial charge is 0.418 e. The molecule has 1 heterocycles. The molecule has 122 valence electrons. The zero-order valence-electron chi connectivity index (χ0n) is 11.1. The summed E-state index contributed by atoms with van der Waals surface area (Å²) in [4.78, 5) is 10.2. The summed E-state index contributed by atoms with van der Waals surface area (Å²) >= 11 is 6.44. The highest BCUT2D eigenvalue weighted by atomic mass is 35.5. The second kappa shape index (κ2) is 5.64. The van der Waals surface area contributed by atoms with Crippen molar-refractivity contribution in [3.8, 4) is 0 Å². The third kappa shape index (κ3) is 3.24. The number of hydrogen-bond acceptors (Lipinski definition) is 6. The van der Waals surface area contributed by atoms with E-state index in [1.54, 1.807) is 0 Å². The van der Waals surface area contributed by atoms with Crippen molar-refractivity contribution < 1.29 is 18.1 Å². The molecule has 1 aromatic carbocycles. The first-order chi connectivity index (χ1) is 10.8. The van der Waals surface area contributed by atoms with Crippen LogP contribution in [0.25, 0.3) is 0 Å². The fraction of sp³-hybridized carbons (Fsp3) is 0.364. The Balaban J connectivity index is 2.02. The normalized spacial score (nSPS) is 15.0. The summed E-state index contributed by atoms with van der Waals surface area (Å²) in [5, 5.41) is 21.8. The monoisotopic (exact) mass is 365 g/mol. The molecule has 0 saturated heterocycles. The lowest BCUT2D eigenvalue weighted by Gasteiger charge is -2.10. The maximum absolute atomic E-state index is 12.8. The van der Waals surface area contributed by atoms with Crippen molar-refractivity contribution in [1.29, 1.82) is 0 Å². The third-order valence-corrected chi connectivity index (χ3v) is 4.42. The second-order valence-electron chi connectivity index (χ2n) is 4.79. The average Bonchev–Trinajstić information content (AvgIpc) is 3.17. The molecule has 1 aliphatic carbocycles. The summed E-state index contributed by atoms with van der Waals surface area (Å²) in [7, 11) is 0. The molecule has 7 nitrogen and oxygen atoms in total. The summed E-state index contributed by atoms with van der Waals surface area (Å²) in [6.45, 7) is 0. The van der Waals surface area contributed by atoms with Gasteiger partial charge in [0, 0.05) is 6.07 Å².